The third-order valence-corrected chi connectivity index (χ3v) is 3.32. The van der Waals surface area contributed by atoms with E-state index in [0.29, 0.717) is 18.1 Å². The first kappa shape index (κ1) is 17.5. The number of nitrogens with zero attached hydrogens (tertiary/aromatic N) is 3. The van der Waals surface area contributed by atoms with Gasteiger partial charge in [-0.05, 0) is 25.0 Å². The van der Waals surface area contributed by atoms with Gasteiger partial charge in [-0.1, -0.05) is 19.9 Å². The number of urea groups is 1. The van der Waals surface area contributed by atoms with Gasteiger partial charge in [0.05, 0.1) is 13.7 Å². The highest BCUT2D eigenvalue weighted by Gasteiger charge is 2.25. The fraction of sp³-hybridized carbons (Fsp3) is 0.467. The van der Waals surface area contributed by atoms with Crippen LogP contribution in [0.5, 0.6) is 5.88 Å². The Morgan fingerprint density at radius 1 is 1.29 bits per heavy atom. The number of pyridine rings is 1. The van der Waals surface area contributed by atoms with Gasteiger partial charge in [0.2, 0.25) is 11.8 Å². The van der Waals surface area contributed by atoms with Gasteiger partial charge in [-0.3, -0.25) is 5.32 Å². The number of hydrogen-bond acceptors (Lipinski definition) is 6. The largest absolute Gasteiger partial charge is 0.479 e. The normalized spacial score (nSPS) is 12.0. The fourth-order valence-electron chi connectivity index (χ4n) is 2.16. The number of carbonyl (C=O) groups excluding carboxylic acids is 2. The first-order valence-corrected chi connectivity index (χ1v) is 7.60. The number of anilines is 1. The van der Waals surface area contributed by atoms with Crippen LogP contribution in [0.2, 0.25) is 0 Å². The highest BCUT2D eigenvalue weighted by molar-refractivity contribution is 5.91. The summed E-state index contributed by atoms with van der Waals surface area (Å²) in [6.45, 7) is 5.93. The zero-order valence-corrected chi connectivity index (χ0v) is 14.1. The standard InChI is InChI=1S/C15H21N5O4/c1-5-24-11-8-6-7-10-18-19-14(20(10)11)17-15(22)16-12(9(2)3)13(21)23-4/h6-9,12H,5H2,1-4H3,(H2,16,17,19,22)/t12-/m0/s1. The molecule has 0 aromatic carbocycles. The topological polar surface area (TPSA) is 107 Å². The molecule has 2 rings (SSSR count). The summed E-state index contributed by atoms with van der Waals surface area (Å²) >= 11 is 0. The van der Waals surface area contributed by atoms with E-state index >= 15 is 0 Å². The molecule has 9 heteroatoms. The first-order valence-electron chi connectivity index (χ1n) is 7.60. The number of carbonyl (C=O) groups is 2. The predicted octanol–water partition coefficient (Wildman–Crippen LogP) is 1.45. The fourth-order valence-corrected chi connectivity index (χ4v) is 2.16. The van der Waals surface area contributed by atoms with Crippen LogP contribution in [-0.2, 0) is 9.53 Å². The van der Waals surface area contributed by atoms with Crippen LogP contribution in [-0.4, -0.2) is 46.4 Å². The van der Waals surface area contributed by atoms with Crippen molar-refractivity contribution in [3.8, 4) is 5.88 Å². The van der Waals surface area contributed by atoms with Gasteiger partial charge in [-0.25, -0.2) is 14.0 Å². The molecule has 2 aromatic rings. The number of hydrogen-bond donors (Lipinski definition) is 2. The van der Waals surface area contributed by atoms with E-state index in [0.717, 1.165) is 0 Å². The summed E-state index contributed by atoms with van der Waals surface area (Å²) in [6, 6.07) is 3.92. The van der Waals surface area contributed by atoms with Crippen LogP contribution >= 0.6 is 0 Å². The first-order chi connectivity index (χ1) is 11.5. The third kappa shape index (κ3) is 3.73. The number of nitrogens with one attached hydrogen (secondary N) is 2. The van der Waals surface area contributed by atoms with Crippen LogP contribution < -0.4 is 15.4 Å². The molecule has 9 nitrogen and oxygen atoms in total. The summed E-state index contributed by atoms with van der Waals surface area (Å²) in [6.07, 6.45) is 0. The summed E-state index contributed by atoms with van der Waals surface area (Å²) < 4.78 is 11.8. The zero-order valence-electron chi connectivity index (χ0n) is 14.1. The molecule has 0 aliphatic rings. The van der Waals surface area contributed by atoms with Gasteiger partial charge in [0.25, 0.3) is 0 Å². The summed E-state index contributed by atoms with van der Waals surface area (Å²) in [4.78, 5) is 23.9. The highest BCUT2D eigenvalue weighted by Crippen LogP contribution is 2.18. The number of ether oxygens (including phenoxy) is 2. The molecule has 0 fully saturated rings. The van der Waals surface area contributed by atoms with E-state index in [2.05, 4.69) is 20.8 Å². The van der Waals surface area contributed by atoms with E-state index < -0.39 is 18.0 Å². The molecule has 0 aliphatic carbocycles. The average Bonchev–Trinajstić information content (AvgIpc) is 2.96. The van der Waals surface area contributed by atoms with Crippen LogP contribution in [0.4, 0.5) is 10.7 Å². The van der Waals surface area contributed by atoms with E-state index in [1.165, 1.54) is 7.11 Å². The maximum Gasteiger partial charge on any atom is 0.328 e. The minimum Gasteiger partial charge on any atom is -0.479 e. The number of esters is 1. The Hall–Kier alpha value is -2.84. The molecule has 1 atom stereocenters. The third-order valence-electron chi connectivity index (χ3n) is 3.32. The van der Waals surface area contributed by atoms with E-state index in [1.807, 2.05) is 20.8 Å². The second-order valence-corrected chi connectivity index (χ2v) is 5.36. The molecule has 2 N–H and O–H groups in total. The van der Waals surface area contributed by atoms with Crippen molar-refractivity contribution in [2.24, 2.45) is 5.92 Å². The lowest BCUT2D eigenvalue weighted by Crippen LogP contribution is -2.46. The lowest BCUT2D eigenvalue weighted by atomic mass is 10.1. The lowest BCUT2D eigenvalue weighted by molar-refractivity contribution is -0.143. The van der Waals surface area contributed by atoms with E-state index in [1.54, 1.807) is 22.6 Å². The average molecular weight is 335 g/mol. The molecule has 0 aliphatic heterocycles. The van der Waals surface area contributed by atoms with E-state index in [-0.39, 0.29) is 11.9 Å². The number of amides is 2. The SMILES string of the molecule is CCOc1cccc2nnc(NC(=O)N[C@H](C(=O)OC)C(C)C)n12. The summed E-state index contributed by atoms with van der Waals surface area (Å²) in [5, 5.41) is 13.1. The minimum absolute atomic E-state index is 0.127. The molecule has 2 aromatic heterocycles. The number of methoxy groups -OCH3 is 1. The van der Waals surface area contributed by atoms with Crippen LogP contribution in [0, 0.1) is 5.92 Å². The van der Waals surface area contributed by atoms with Crippen LogP contribution in [0.25, 0.3) is 5.65 Å². The second kappa shape index (κ2) is 7.62. The van der Waals surface area contributed by atoms with Crippen molar-refractivity contribution in [2.75, 3.05) is 19.0 Å². The van der Waals surface area contributed by atoms with Crippen LogP contribution in [0.3, 0.4) is 0 Å². The van der Waals surface area contributed by atoms with Crippen molar-refractivity contribution in [3.63, 3.8) is 0 Å². The Morgan fingerprint density at radius 2 is 2.04 bits per heavy atom. The molecule has 0 saturated heterocycles. The van der Waals surface area contributed by atoms with Crippen molar-refractivity contribution in [3.05, 3.63) is 18.2 Å². The quantitative estimate of drug-likeness (QED) is 0.774. The molecular weight excluding hydrogens is 314 g/mol. The number of rotatable bonds is 6. The van der Waals surface area contributed by atoms with Crippen molar-refractivity contribution < 1.29 is 19.1 Å². The minimum atomic E-state index is -0.763. The van der Waals surface area contributed by atoms with Crippen molar-refractivity contribution in [2.45, 2.75) is 26.8 Å². The Bertz CT molecular complexity index is 728. The Balaban J connectivity index is 2.20. The molecular formula is C15H21N5O4. The van der Waals surface area contributed by atoms with Gasteiger partial charge >= 0.3 is 12.0 Å². The maximum absolute atomic E-state index is 12.2. The van der Waals surface area contributed by atoms with Crippen LogP contribution in [0.1, 0.15) is 20.8 Å². The molecule has 24 heavy (non-hydrogen) atoms. The Labute approximate surface area is 139 Å². The molecule has 2 heterocycles. The highest BCUT2D eigenvalue weighted by atomic mass is 16.5. The summed E-state index contributed by atoms with van der Waals surface area (Å²) in [7, 11) is 1.28. The molecule has 0 unspecified atom stereocenters. The number of fused-ring (bicyclic) bond motifs is 1. The van der Waals surface area contributed by atoms with E-state index in [4.69, 9.17) is 9.47 Å². The molecule has 2 amide bonds. The van der Waals surface area contributed by atoms with Gasteiger partial charge in [0, 0.05) is 0 Å². The smallest absolute Gasteiger partial charge is 0.328 e. The van der Waals surface area contributed by atoms with Gasteiger partial charge in [-0.15, -0.1) is 10.2 Å². The van der Waals surface area contributed by atoms with Crippen molar-refractivity contribution in [1.82, 2.24) is 19.9 Å². The van der Waals surface area contributed by atoms with Crippen molar-refractivity contribution in [1.29, 1.82) is 0 Å². The monoisotopic (exact) mass is 335 g/mol. The molecule has 0 saturated carbocycles. The molecule has 0 radical (unpaired) electrons. The van der Waals surface area contributed by atoms with Crippen LogP contribution in [0.15, 0.2) is 18.2 Å². The van der Waals surface area contributed by atoms with E-state index in [9.17, 15) is 9.59 Å². The Kier molecular flexibility index (Phi) is 5.56. The summed E-state index contributed by atoms with van der Waals surface area (Å²) in [5.74, 6) is 0.0567. The number of aromatic nitrogens is 3. The van der Waals surface area contributed by atoms with Crippen molar-refractivity contribution >= 4 is 23.6 Å². The zero-order chi connectivity index (χ0) is 17.7. The molecule has 0 bridgehead atoms. The van der Waals surface area contributed by atoms with Gasteiger partial charge in [0.15, 0.2) is 5.65 Å². The molecule has 130 valence electrons. The lowest BCUT2D eigenvalue weighted by Gasteiger charge is -2.19. The summed E-state index contributed by atoms with van der Waals surface area (Å²) in [5.41, 5.74) is 0.532. The Morgan fingerprint density at radius 3 is 2.67 bits per heavy atom. The van der Waals surface area contributed by atoms with Gasteiger partial charge in [-0.2, -0.15) is 0 Å². The maximum atomic E-state index is 12.2. The van der Waals surface area contributed by atoms with Gasteiger partial charge < -0.3 is 14.8 Å². The van der Waals surface area contributed by atoms with Gasteiger partial charge in [0.1, 0.15) is 6.04 Å². The predicted molar refractivity (Wildman–Crippen MR) is 87.0 cm³/mol. The second-order valence-electron chi connectivity index (χ2n) is 5.36. The molecule has 0 spiro atoms.